The van der Waals surface area contributed by atoms with E-state index in [1.54, 1.807) is 23.0 Å². The second kappa shape index (κ2) is 7.40. The van der Waals surface area contributed by atoms with Gasteiger partial charge < -0.3 is 5.32 Å². The largest absolute Gasteiger partial charge is 0.346 e. The van der Waals surface area contributed by atoms with Crippen LogP contribution in [0.3, 0.4) is 0 Å². The molecule has 0 radical (unpaired) electrons. The molecule has 130 valence electrons. The monoisotopic (exact) mass is 343 g/mol. The van der Waals surface area contributed by atoms with Crippen molar-refractivity contribution >= 4 is 12.0 Å². The average Bonchev–Trinajstić information content (AvgIpc) is 3.17. The molecule has 0 aliphatic heterocycles. The lowest BCUT2D eigenvalue weighted by Crippen LogP contribution is -2.29. The molecule has 1 N–H and O–H groups in total. The lowest BCUT2D eigenvalue weighted by Gasteiger charge is -2.25. The summed E-state index contributed by atoms with van der Waals surface area (Å²) in [6.45, 7) is 0. The van der Waals surface area contributed by atoms with Gasteiger partial charge in [0.25, 0.3) is 0 Å². The van der Waals surface area contributed by atoms with Gasteiger partial charge in [-0.25, -0.2) is 4.68 Å². The molecular formula is C22H21N3O. The SMILES string of the molecule is O=C(/C=C/c1cnn(-c2ccccc2)c1)N[C@@H]1CCCc2ccccc21. The number of aromatic nitrogens is 2. The smallest absolute Gasteiger partial charge is 0.244 e. The molecule has 1 aromatic heterocycles. The van der Waals surface area contributed by atoms with E-state index in [1.807, 2.05) is 42.6 Å². The van der Waals surface area contributed by atoms with E-state index in [2.05, 4.69) is 28.6 Å². The molecule has 0 bridgehead atoms. The molecule has 4 heteroatoms. The van der Waals surface area contributed by atoms with E-state index in [4.69, 9.17) is 0 Å². The molecule has 2 aromatic carbocycles. The van der Waals surface area contributed by atoms with Gasteiger partial charge in [0.05, 0.1) is 17.9 Å². The van der Waals surface area contributed by atoms with Crippen LogP contribution in [0.5, 0.6) is 0 Å². The Morgan fingerprint density at radius 3 is 2.81 bits per heavy atom. The molecule has 0 spiro atoms. The molecule has 1 aliphatic carbocycles. The number of fused-ring (bicyclic) bond motifs is 1. The van der Waals surface area contributed by atoms with E-state index in [9.17, 15) is 4.79 Å². The van der Waals surface area contributed by atoms with Gasteiger partial charge in [-0.1, -0.05) is 42.5 Å². The number of rotatable bonds is 4. The number of amides is 1. The average molecular weight is 343 g/mol. The van der Waals surface area contributed by atoms with Crippen LogP contribution in [0.4, 0.5) is 0 Å². The molecular weight excluding hydrogens is 322 g/mol. The molecule has 1 aliphatic rings. The molecule has 0 saturated heterocycles. The molecule has 1 amide bonds. The third kappa shape index (κ3) is 3.59. The van der Waals surface area contributed by atoms with Gasteiger partial charge in [-0.05, 0) is 48.6 Å². The predicted octanol–water partition coefficient (Wildman–Crippen LogP) is 4.08. The van der Waals surface area contributed by atoms with Crippen molar-refractivity contribution in [3.8, 4) is 5.69 Å². The molecule has 0 saturated carbocycles. The zero-order valence-corrected chi connectivity index (χ0v) is 14.5. The number of aryl methyl sites for hydroxylation is 1. The number of carbonyl (C=O) groups is 1. The summed E-state index contributed by atoms with van der Waals surface area (Å²) in [6.07, 6.45) is 10.2. The maximum absolute atomic E-state index is 12.3. The first-order valence-electron chi connectivity index (χ1n) is 8.96. The zero-order chi connectivity index (χ0) is 17.8. The van der Waals surface area contributed by atoms with Crippen molar-refractivity contribution in [2.45, 2.75) is 25.3 Å². The fourth-order valence-electron chi connectivity index (χ4n) is 3.44. The second-order valence-corrected chi connectivity index (χ2v) is 6.54. The van der Waals surface area contributed by atoms with Gasteiger partial charge in [-0.15, -0.1) is 0 Å². The minimum atomic E-state index is -0.0702. The Balaban J connectivity index is 1.42. The summed E-state index contributed by atoms with van der Waals surface area (Å²) in [5, 5.41) is 7.47. The molecule has 4 nitrogen and oxygen atoms in total. The van der Waals surface area contributed by atoms with E-state index >= 15 is 0 Å². The Bertz CT molecular complexity index is 927. The standard InChI is InChI=1S/C22H21N3O/c26-22(24-21-12-6-8-18-7-4-5-11-20(18)21)14-13-17-15-23-25(16-17)19-9-2-1-3-10-19/h1-5,7,9-11,13-16,21H,6,8,12H2,(H,24,26)/b14-13+/t21-/m1/s1. The normalized spacial score (nSPS) is 16.4. The van der Waals surface area contributed by atoms with Crippen molar-refractivity contribution in [3.63, 3.8) is 0 Å². The fraction of sp³-hybridized carbons (Fsp3) is 0.182. The molecule has 1 atom stereocenters. The van der Waals surface area contributed by atoms with Gasteiger partial charge in [0.15, 0.2) is 0 Å². The van der Waals surface area contributed by atoms with Gasteiger partial charge in [-0.2, -0.15) is 5.10 Å². The Labute approximate surface area is 153 Å². The van der Waals surface area contributed by atoms with Crippen molar-refractivity contribution < 1.29 is 4.79 Å². The van der Waals surface area contributed by atoms with Crippen LogP contribution < -0.4 is 5.32 Å². The van der Waals surface area contributed by atoms with Crippen molar-refractivity contribution in [1.29, 1.82) is 0 Å². The highest BCUT2D eigenvalue weighted by Gasteiger charge is 2.20. The summed E-state index contributed by atoms with van der Waals surface area (Å²) < 4.78 is 1.80. The number of nitrogens with one attached hydrogen (secondary N) is 1. The first kappa shape index (κ1) is 16.3. The third-order valence-electron chi connectivity index (χ3n) is 4.74. The molecule has 0 unspecified atom stereocenters. The molecule has 3 aromatic rings. The van der Waals surface area contributed by atoms with Gasteiger partial charge in [0.2, 0.25) is 5.91 Å². The molecule has 0 fully saturated rings. The zero-order valence-electron chi connectivity index (χ0n) is 14.5. The second-order valence-electron chi connectivity index (χ2n) is 6.54. The number of benzene rings is 2. The predicted molar refractivity (Wildman–Crippen MR) is 103 cm³/mol. The van der Waals surface area contributed by atoms with Crippen LogP contribution in [0.2, 0.25) is 0 Å². The fourth-order valence-corrected chi connectivity index (χ4v) is 3.44. The van der Waals surface area contributed by atoms with Crippen LogP contribution in [-0.2, 0) is 11.2 Å². The van der Waals surface area contributed by atoms with E-state index in [1.165, 1.54) is 11.1 Å². The van der Waals surface area contributed by atoms with E-state index < -0.39 is 0 Å². The Hall–Kier alpha value is -3.14. The molecule has 4 rings (SSSR count). The van der Waals surface area contributed by atoms with Crippen LogP contribution in [-0.4, -0.2) is 15.7 Å². The van der Waals surface area contributed by atoms with E-state index in [0.29, 0.717) is 0 Å². The number of hydrogen-bond acceptors (Lipinski definition) is 2. The first-order chi connectivity index (χ1) is 12.8. The van der Waals surface area contributed by atoms with Crippen LogP contribution in [0, 0.1) is 0 Å². The third-order valence-corrected chi connectivity index (χ3v) is 4.74. The number of carbonyl (C=O) groups excluding carboxylic acids is 1. The van der Waals surface area contributed by atoms with Crippen molar-refractivity contribution in [2.24, 2.45) is 0 Å². The summed E-state index contributed by atoms with van der Waals surface area (Å²) >= 11 is 0. The lowest BCUT2D eigenvalue weighted by molar-refractivity contribution is -0.117. The Morgan fingerprint density at radius 2 is 1.92 bits per heavy atom. The summed E-state index contributed by atoms with van der Waals surface area (Å²) in [4.78, 5) is 12.3. The van der Waals surface area contributed by atoms with Crippen molar-refractivity contribution in [2.75, 3.05) is 0 Å². The summed E-state index contributed by atoms with van der Waals surface area (Å²) in [5.74, 6) is -0.0702. The van der Waals surface area contributed by atoms with Gasteiger partial charge in [0.1, 0.15) is 0 Å². The maximum Gasteiger partial charge on any atom is 0.244 e. The first-order valence-corrected chi connectivity index (χ1v) is 8.96. The quantitative estimate of drug-likeness (QED) is 0.726. The van der Waals surface area contributed by atoms with Gasteiger partial charge in [-0.3, -0.25) is 4.79 Å². The number of hydrogen-bond donors (Lipinski definition) is 1. The summed E-state index contributed by atoms with van der Waals surface area (Å²) in [7, 11) is 0. The number of nitrogens with zero attached hydrogens (tertiary/aromatic N) is 2. The minimum absolute atomic E-state index is 0.0702. The number of para-hydroxylation sites is 1. The summed E-state index contributed by atoms with van der Waals surface area (Å²) in [5.41, 5.74) is 4.48. The Kier molecular flexibility index (Phi) is 4.65. The van der Waals surface area contributed by atoms with Gasteiger partial charge in [0, 0.05) is 17.8 Å². The van der Waals surface area contributed by atoms with Crippen LogP contribution in [0.1, 0.15) is 35.6 Å². The van der Waals surface area contributed by atoms with Crippen LogP contribution in [0.15, 0.2) is 73.1 Å². The van der Waals surface area contributed by atoms with Crippen molar-refractivity contribution in [1.82, 2.24) is 15.1 Å². The highest BCUT2D eigenvalue weighted by Crippen LogP contribution is 2.29. The molecule has 26 heavy (non-hydrogen) atoms. The Morgan fingerprint density at radius 1 is 1.12 bits per heavy atom. The lowest BCUT2D eigenvalue weighted by atomic mass is 9.88. The highest BCUT2D eigenvalue weighted by atomic mass is 16.1. The van der Waals surface area contributed by atoms with Crippen LogP contribution >= 0.6 is 0 Å². The minimum Gasteiger partial charge on any atom is -0.346 e. The summed E-state index contributed by atoms with van der Waals surface area (Å²) in [6, 6.07) is 18.4. The van der Waals surface area contributed by atoms with Crippen LogP contribution in [0.25, 0.3) is 11.8 Å². The topological polar surface area (TPSA) is 46.9 Å². The molecule has 1 heterocycles. The van der Waals surface area contributed by atoms with E-state index in [0.717, 1.165) is 30.5 Å². The van der Waals surface area contributed by atoms with Crippen molar-refractivity contribution in [3.05, 3.63) is 89.8 Å². The maximum atomic E-state index is 12.3. The van der Waals surface area contributed by atoms with Gasteiger partial charge >= 0.3 is 0 Å². The van der Waals surface area contributed by atoms with E-state index in [-0.39, 0.29) is 11.9 Å². The highest BCUT2D eigenvalue weighted by molar-refractivity contribution is 5.92.